The van der Waals surface area contributed by atoms with Gasteiger partial charge in [0, 0.05) is 10.6 Å². The van der Waals surface area contributed by atoms with Crippen molar-refractivity contribution < 1.29 is 14.6 Å². The molecule has 0 aliphatic carbocycles. The van der Waals surface area contributed by atoms with Crippen LogP contribution < -0.4 is 4.74 Å². The Morgan fingerprint density at radius 1 is 1.24 bits per heavy atom. The van der Waals surface area contributed by atoms with E-state index in [0.29, 0.717) is 6.61 Å². The molecule has 0 saturated carbocycles. The Morgan fingerprint density at radius 3 is 2.62 bits per heavy atom. The third-order valence-electron chi connectivity index (χ3n) is 2.81. The molecule has 2 aromatic carbocycles. The topological polar surface area (TPSA) is 46.5 Å². The first-order valence-electron chi connectivity index (χ1n) is 6.41. The molecule has 0 amide bonds. The van der Waals surface area contributed by atoms with Gasteiger partial charge in [-0.1, -0.05) is 29.3 Å². The zero-order chi connectivity index (χ0) is 15.2. The monoisotopic (exact) mass is 322 g/mol. The van der Waals surface area contributed by atoms with E-state index in [4.69, 9.17) is 21.4 Å². The van der Waals surface area contributed by atoms with Gasteiger partial charge in [0.25, 0.3) is 0 Å². The number of rotatable bonds is 6. The van der Waals surface area contributed by atoms with Crippen LogP contribution in [0.2, 0.25) is 5.02 Å². The van der Waals surface area contributed by atoms with Crippen LogP contribution in [0.25, 0.3) is 0 Å². The molecule has 0 atom stereocenters. The molecule has 0 unspecified atom stereocenters. The normalized spacial score (nSPS) is 10.4. The Bertz CT molecular complexity index is 626. The van der Waals surface area contributed by atoms with Gasteiger partial charge in [-0.3, -0.25) is 0 Å². The lowest BCUT2D eigenvalue weighted by Gasteiger charge is -2.07. The molecule has 5 heteroatoms. The first-order chi connectivity index (χ1) is 10.1. The number of carboxylic acid groups (broad SMARTS) is 1. The molecule has 2 aromatic rings. The first-order valence-corrected chi connectivity index (χ1v) is 7.78. The molecule has 0 bridgehead atoms. The molecular weight excluding hydrogens is 308 g/mol. The van der Waals surface area contributed by atoms with Crippen molar-refractivity contribution in [1.82, 2.24) is 0 Å². The van der Waals surface area contributed by atoms with Crippen molar-refractivity contribution in [3.05, 3.63) is 58.6 Å². The highest BCUT2D eigenvalue weighted by Gasteiger charge is 2.09. The maximum absolute atomic E-state index is 11.0. The summed E-state index contributed by atoms with van der Waals surface area (Å²) in [6.07, 6.45) is 0. The Labute approximate surface area is 132 Å². The van der Waals surface area contributed by atoms with Crippen molar-refractivity contribution in [3.63, 3.8) is 0 Å². The van der Waals surface area contributed by atoms with Crippen molar-refractivity contribution in [2.45, 2.75) is 11.8 Å². The van der Waals surface area contributed by atoms with E-state index in [1.807, 2.05) is 37.3 Å². The molecule has 0 heterocycles. The number of halogens is 1. The van der Waals surface area contributed by atoms with Gasteiger partial charge in [0.1, 0.15) is 5.75 Å². The number of ether oxygens (including phenoxy) is 1. The molecule has 1 N–H and O–H groups in total. The zero-order valence-corrected chi connectivity index (χ0v) is 13.1. The predicted octanol–water partition coefficient (Wildman–Crippen LogP) is 4.52. The highest BCUT2D eigenvalue weighted by Crippen LogP contribution is 2.24. The zero-order valence-electron chi connectivity index (χ0n) is 11.5. The van der Waals surface area contributed by atoms with Crippen molar-refractivity contribution in [2.24, 2.45) is 0 Å². The lowest BCUT2D eigenvalue weighted by atomic mass is 10.2. The molecule has 0 spiro atoms. The molecule has 21 heavy (non-hydrogen) atoms. The summed E-state index contributed by atoms with van der Waals surface area (Å²) in [5.41, 5.74) is 1.32. The van der Waals surface area contributed by atoms with Crippen LogP contribution in [0.1, 0.15) is 15.9 Å². The van der Waals surface area contributed by atoms with Gasteiger partial charge in [-0.15, -0.1) is 11.8 Å². The van der Waals surface area contributed by atoms with E-state index in [0.717, 1.165) is 16.4 Å². The summed E-state index contributed by atoms with van der Waals surface area (Å²) >= 11 is 7.37. The Morgan fingerprint density at radius 2 is 1.95 bits per heavy atom. The van der Waals surface area contributed by atoms with Crippen LogP contribution in [0.15, 0.2) is 47.4 Å². The highest BCUT2D eigenvalue weighted by molar-refractivity contribution is 7.99. The van der Waals surface area contributed by atoms with E-state index in [2.05, 4.69) is 0 Å². The predicted molar refractivity (Wildman–Crippen MR) is 85.8 cm³/mol. The van der Waals surface area contributed by atoms with Gasteiger partial charge in [0.05, 0.1) is 17.2 Å². The largest absolute Gasteiger partial charge is 0.493 e. The van der Waals surface area contributed by atoms with E-state index in [1.54, 1.807) is 12.1 Å². The minimum atomic E-state index is -1.02. The van der Waals surface area contributed by atoms with Gasteiger partial charge >= 0.3 is 5.97 Å². The number of thioether (sulfide) groups is 1. The highest BCUT2D eigenvalue weighted by atomic mass is 35.5. The summed E-state index contributed by atoms with van der Waals surface area (Å²) in [6, 6.07) is 12.9. The van der Waals surface area contributed by atoms with Gasteiger partial charge in [0.2, 0.25) is 0 Å². The van der Waals surface area contributed by atoms with Gasteiger partial charge in [0.15, 0.2) is 0 Å². The average Bonchev–Trinajstić information content (AvgIpc) is 2.46. The molecule has 0 radical (unpaired) electrons. The summed E-state index contributed by atoms with van der Waals surface area (Å²) in [5.74, 6) is 0.552. The first kappa shape index (κ1) is 15.7. The summed E-state index contributed by atoms with van der Waals surface area (Å²) in [5, 5.41) is 9.27. The van der Waals surface area contributed by atoms with Crippen LogP contribution in [0.5, 0.6) is 5.75 Å². The minimum Gasteiger partial charge on any atom is -0.493 e. The SMILES string of the molecule is Cc1ccc(OCCSc2ccc(Cl)c(C(=O)O)c2)cc1. The van der Waals surface area contributed by atoms with Crippen LogP contribution in [-0.2, 0) is 0 Å². The van der Waals surface area contributed by atoms with Crippen molar-refractivity contribution in [3.8, 4) is 5.75 Å². The van der Waals surface area contributed by atoms with E-state index < -0.39 is 5.97 Å². The van der Waals surface area contributed by atoms with Crippen LogP contribution in [-0.4, -0.2) is 23.4 Å². The molecular formula is C16H15ClO3S. The maximum Gasteiger partial charge on any atom is 0.337 e. The van der Waals surface area contributed by atoms with Crippen LogP contribution in [0.4, 0.5) is 0 Å². The second-order valence-electron chi connectivity index (χ2n) is 4.46. The fourth-order valence-electron chi connectivity index (χ4n) is 1.71. The molecule has 3 nitrogen and oxygen atoms in total. The van der Waals surface area contributed by atoms with Crippen LogP contribution in [0, 0.1) is 6.92 Å². The lowest BCUT2D eigenvalue weighted by molar-refractivity contribution is 0.0697. The fourth-order valence-corrected chi connectivity index (χ4v) is 2.68. The summed E-state index contributed by atoms with van der Waals surface area (Å²) in [7, 11) is 0. The van der Waals surface area contributed by atoms with Gasteiger partial charge in [-0.25, -0.2) is 4.79 Å². The Hall–Kier alpha value is -1.65. The average molecular weight is 323 g/mol. The molecule has 110 valence electrons. The second kappa shape index (κ2) is 7.38. The van der Waals surface area contributed by atoms with Crippen molar-refractivity contribution in [1.29, 1.82) is 0 Å². The molecule has 0 aliphatic rings. The number of carbonyl (C=O) groups is 1. The fraction of sp³-hybridized carbons (Fsp3) is 0.188. The molecule has 0 saturated heterocycles. The number of hydrogen-bond donors (Lipinski definition) is 1. The standard InChI is InChI=1S/C16H15ClO3S/c1-11-2-4-12(5-3-11)20-8-9-21-13-6-7-15(17)14(10-13)16(18)19/h2-7,10H,8-9H2,1H3,(H,18,19). The number of aromatic carboxylic acids is 1. The summed E-state index contributed by atoms with van der Waals surface area (Å²) in [6.45, 7) is 2.58. The van der Waals surface area contributed by atoms with Gasteiger partial charge in [-0.2, -0.15) is 0 Å². The van der Waals surface area contributed by atoms with Gasteiger partial charge in [-0.05, 0) is 37.3 Å². The molecule has 0 aliphatic heterocycles. The van der Waals surface area contributed by atoms with E-state index >= 15 is 0 Å². The van der Waals surface area contributed by atoms with E-state index in [1.165, 1.54) is 17.3 Å². The second-order valence-corrected chi connectivity index (χ2v) is 6.03. The van der Waals surface area contributed by atoms with Crippen molar-refractivity contribution in [2.75, 3.05) is 12.4 Å². The molecule has 0 aromatic heterocycles. The van der Waals surface area contributed by atoms with E-state index in [9.17, 15) is 4.79 Å². The smallest absolute Gasteiger partial charge is 0.337 e. The molecule has 2 rings (SSSR count). The van der Waals surface area contributed by atoms with Crippen LogP contribution in [0.3, 0.4) is 0 Å². The summed E-state index contributed by atoms with van der Waals surface area (Å²) < 4.78 is 5.62. The lowest BCUT2D eigenvalue weighted by Crippen LogP contribution is -2.01. The van der Waals surface area contributed by atoms with Crippen molar-refractivity contribution >= 4 is 29.3 Å². The third-order valence-corrected chi connectivity index (χ3v) is 4.10. The minimum absolute atomic E-state index is 0.126. The van der Waals surface area contributed by atoms with E-state index in [-0.39, 0.29) is 10.6 Å². The maximum atomic E-state index is 11.0. The quantitative estimate of drug-likeness (QED) is 0.627. The number of carboxylic acids is 1. The Balaban J connectivity index is 1.85. The number of aryl methyl sites for hydroxylation is 1. The van der Waals surface area contributed by atoms with Gasteiger partial charge < -0.3 is 9.84 Å². The van der Waals surface area contributed by atoms with Crippen LogP contribution >= 0.6 is 23.4 Å². The number of hydrogen-bond acceptors (Lipinski definition) is 3. The Kier molecular flexibility index (Phi) is 5.53. The number of benzene rings is 2. The summed E-state index contributed by atoms with van der Waals surface area (Å²) in [4.78, 5) is 11.9. The third kappa shape index (κ3) is 4.69. The molecule has 0 fully saturated rings.